The highest BCUT2D eigenvalue weighted by Crippen LogP contribution is 2.36. The molecule has 3 N–H and O–H groups in total. The van der Waals surface area contributed by atoms with Crippen LogP contribution in [0.15, 0.2) is 100 Å². The fraction of sp³-hybridized carbons (Fsp3) is 0.138. The van der Waals surface area contributed by atoms with Gasteiger partial charge in [0.05, 0.1) is 5.56 Å². The van der Waals surface area contributed by atoms with Crippen LogP contribution in [-0.4, -0.2) is 11.5 Å². The maximum Gasteiger partial charge on any atom is 0.229 e. The second kappa shape index (κ2) is 10.1. The van der Waals surface area contributed by atoms with Gasteiger partial charge in [-0.25, -0.2) is 4.98 Å². The molecule has 1 heterocycles. The minimum absolute atomic E-state index is 0.574. The lowest BCUT2D eigenvalue weighted by molar-refractivity contribution is 0.620. The molecule has 0 saturated heterocycles. The van der Waals surface area contributed by atoms with Crippen molar-refractivity contribution < 1.29 is 4.42 Å². The number of nitrogens with two attached hydrogens (primary N) is 1. The summed E-state index contributed by atoms with van der Waals surface area (Å²) in [5.41, 5.74) is 13.8. The van der Waals surface area contributed by atoms with Crippen LogP contribution in [0.5, 0.6) is 0 Å². The zero-order valence-corrected chi connectivity index (χ0v) is 19.9. The molecule has 0 saturated carbocycles. The molecule has 0 aliphatic rings. The number of rotatable bonds is 8. The number of hydrogen-bond acceptors (Lipinski definition) is 5. The molecule has 5 heteroatoms. The van der Waals surface area contributed by atoms with Crippen LogP contribution in [0.4, 0.5) is 11.4 Å². The van der Waals surface area contributed by atoms with Gasteiger partial charge in [-0.15, -0.1) is 11.8 Å². The van der Waals surface area contributed by atoms with Gasteiger partial charge in [-0.2, -0.15) is 0 Å². The zero-order chi connectivity index (χ0) is 23.3. The van der Waals surface area contributed by atoms with Crippen molar-refractivity contribution in [1.29, 1.82) is 0 Å². The quantitative estimate of drug-likeness (QED) is 0.180. The van der Waals surface area contributed by atoms with E-state index in [-0.39, 0.29) is 0 Å². The van der Waals surface area contributed by atoms with E-state index in [1.54, 1.807) is 0 Å². The van der Waals surface area contributed by atoms with Gasteiger partial charge in [-0.05, 0) is 59.5 Å². The van der Waals surface area contributed by atoms with Gasteiger partial charge in [0, 0.05) is 28.6 Å². The fourth-order valence-corrected chi connectivity index (χ4v) is 4.96. The molecule has 0 fully saturated rings. The highest BCUT2D eigenvalue weighted by atomic mass is 32.2. The first-order valence-electron chi connectivity index (χ1n) is 11.5. The lowest BCUT2D eigenvalue weighted by Crippen LogP contribution is -2.02. The van der Waals surface area contributed by atoms with Gasteiger partial charge in [0.2, 0.25) is 5.89 Å². The predicted octanol–water partition coefficient (Wildman–Crippen LogP) is 7.86. The number of nitrogens with zero attached hydrogens (tertiary/aromatic N) is 1. The van der Waals surface area contributed by atoms with E-state index in [0.717, 1.165) is 46.6 Å². The standard InChI is InChI=1S/C29H27N3OS/c1-2-16-31-25-14-13-22(30)18-24(25)29-32-26-17-21(12-15-27(26)33-29)23-10-6-7-11-28(23)34-19-20-8-4-3-5-9-20/h3-15,17-18,31H,2,16,19,30H2,1H3. The SMILES string of the molecule is CCCNc1ccc(N)cc1-c1nc2cc(-c3ccccc3SCc3ccccc3)ccc2o1. The molecule has 5 aromatic rings. The monoisotopic (exact) mass is 465 g/mol. The largest absolute Gasteiger partial charge is 0.436 e. The number of nitrogen functional groups attached to an aromatic ring is 1. The number of oxazole rings is 1. The number of benzene rings is 4. The molecular weight excluding hydrogens is 438 g/mol. The van der Waals surface area contributed by atoms with Crippen LogP contribution in [0, 0.1) is 0 Å². The van der Waals surface area contributed by atoms with Gasteiger partial charge in [-0.3, -0.25) is 0 Å². The van der Waals surface area contributed by atoms with Gasteiger partial charge >= 0.3 is 0 Å². The number of anilines is 2. The highest BCUT2D eigenvalue weighted by molar-refractivity contribution is 7.98. The van der Waals surface area contributed by atoms with Crippen LogP contribution in [0.25, 0.3) is 33.7 Å². The van der Waals surface area contributed by atoms with Gasteiger partial charge in [0.1, 0.15) is 5.52 Å². The summed E-state index contributed by atoms with van der Waals surface area (Å²) >= 11 is 1.85. The first kappa shape index (κ1) is 22.1. The van der Waals surface area contributed by atoms with Gasteiger partial charge < -0.3 is 15.5 Å². The Kier molecular flexibility index (Phi) is 6.54. The zero-order valence-electron chi connectivity index (χ0n) is 19.1. The Bertz CT molecular complexity index is 1410. The van der Waals surface area contributed by atoms with E-state index in [1.165, 1.54) is 16.0 Å². The number of thioether (sulfide) groups is 1. The fourth-order valence-electron chi connectivity index (χ4n) is 3.93. The van der Waals surface area contributed by atoms with Gasteiger partial charge in [-0.1, -0.05) is 61.5 Å². The van der Waals surface area contributed by atoms with Crippen molar-refractivity contribution in [2.75, 3.05) is 17.6 Å². The molecule has 170 valence electrons. The molecule has 0 unspecified atom stereocenters. The normalized spacial score (nSPS) is 11.1. The summed E-state index contributed by atoms with van der Waals surface area (Å²) in [6.45, 7) is 3.01. The van der Waals surface area contributed by atoms with E-state index in [2.05, 4.69) is 79.0 Å². The first-order valence-corrected chi connectivity index (χ1v) is 12.5. The summed E-state index contributed by atoms with van der Waals surface area (Å²) in [5, 5.41) is 3.45. The molecule has 0 bridgehead atoms. The molecule has 0 radical (unpaired) electrons. The van der Waals surface area contributed by atoms with Gasteiger partial charge in [0.15, 0.2) is 5.58 Å². The van der Waals surface area contributed by atoms with Crippen LogP contribution >= 0.6 is 11.8 Å². The summed E-state index contributed by atoms with van der Waals surface area (Å²) in [6.07, 6.45) is 1.03. The van der Waals surface area contributed by atoms with Crippen LogP contribution in [0.3, 0.4) is 0 Å². The maximum atomic E-state index is 6.14. The average Bonchev–Trinajstić information content (AvgIpc) is 3.31. The molecule has 4 aromatic carbocycles. The van der Waals surface area contributed by atoms with E-state index >= 15 is 0 Å². The smallest absolute Gasteiger partial charge is 0.229 e. The Morgan fingerprint density at radius 2 is 1.71 bits per heavy atom. The Morgan fingerprint density at radius 3 is 2.56 bits per heavy atom. The summed E-state index contributed by atoms with van der Waals surface area (Å²) in [4.78, 5) is 6.08. The minimum Gasteiger partial charge on any atom is -0.436 e. The van der Waals surface area contributed by atoms with E-state index < -0.39 is 0 Å². The van der Waals surface area contributed by atoms with Crippen molar-refractivity contribution in [2.45, 2.75) is 24.0 Å². The summed E-state index contributed by atoms with van der Waals surface area (Å²) in [5.74, 6) is 1.50. The van der Waals surface area contributed by atoms with Crippen molar-refractivity contribution in [3.8, 4) is 22.6 Å². The minimum atomic E-state index is 0.574. The predicted molar refractivity (Wildman–Crippen MR) is 144 cm³/mol. The lowest BCUT2D eigenvalue weighted by Gasteiger charge is -2.09. The molecule has 34 heavy (non-hydrogen) atoms. The molecular formula is C29H27N3OS. The van der Waals surface area contributed by atoms with E-state index in [0.29, 0.717) is 11.6 Å². The van der Waals surface area contributed by atoms with Crippen LogP contribution in [-0.2, 0) is 5.75 Å². The molecule has 4 nitrogen and oxygen atoms in total. The Labute approximate surface area is 204 Å². The van der Waals surface area contributed by atoms with E-state index in [4.69, 9.17) is 15.1 Å². The average molecular weight is 466 g/mol. The number of aromatic nitrogens is 1. The van der Waals surface area contributed by atoms with Gasteiger partial charge in [0.25, 0.3) is 0 Å². The molecule has 0 aliphatic heterocycles. The Hall–Kier alpha value is -3.70. The van der Waals surface area contributed by atoms with Crippen molar-refractivity contribution >= 4 is 34.2 Å². The van der Waals surface area contributed by atoms with Crippen molar-refractivity contribution in [3.05, 3.63) is 96.6 Å². The molecule has 0 aliphatic carbocycles. The number of fused-ring (bicyclic) bond motifs is 1. The first-order chi connectivity index (χ1) is 16.7. The van der Waals surface area contributed by atoms with E-state index in [1.807, 2.05) is 36.0 Å². The van der Waals surface area contributed by atoms with E-state index in [9.17, 15) is 0 Å². The van der Waals surface area contributed by atoms with Crippen molar-refractivity contribution in [3.63, 3.8) is 0 Å². The number of hydrogen-bond donors (Lipinski definition) is 2. The Balaban J connectivity index is 1.47. The van der Waals surface area contributed by atoms with Crippen molar-refractivity contribution in [1.82, 2.24) is 4.98 Å². The summed E-state index contributed by atoms with van der Waals surface area (Å²) in [6, 6.07) is 31.1. The second-order valence-electron chi connectivity index (χ2n) is 8.20. The summed E-state index contributed by atoms with van der Waals surface area (Å²) < 4.78 is 6.14. The van der Waals surface area contributed by atoms with Crippen LogP contribution in [0.1, 0.15) is 18.9 Å². The Morgan fingerprint density at radius 1 is 0.882 bits per heavy atom. The third-order valence-corrected chi connectivity index (χ3v) is 6.81. The molecule has 1 aromatic heterocycles. The summed E-state index contributed by atoms with van der Waals surface area (Å²) in [7, 11) is 0. The third kappa shape index (κ3) is 4.80. The molecule has 5 rings (SSSR count). The topological polar surface area (TPSA) is 64.1 Å². The van der Waals surface area contributed by atoms with Crippen molar-refractivity contribution in [2.24, 2.45) is 0 Å². The molecule has 0 atom stereocenters. The molecule has 0 amide bonds. The lowest BCUT2D eigenvalue weighted by atomic mass is 10.1. The third-order valence-electron chi connectivity index (χ3n) is 5.66. The second-order valence-corrected chi connectivity index (χ2v) is 9.22. The maximum absolute atomic E-state index is 6.14. The van der Waals surface area contributed by atoms with Crippen LogP contribution in [0.2, 0.25) is 0 Å². The highest BCUT2D eigenvalue weighted by Gasteiger charge is 2.15. The van der Waals surface area contributed by atoms with Crippen LogP contribution < -0.4 is 11.1 Å². The molecule has 0 spiro atoms. The number of nitrogens with one attached hydrogen (secondary N) is 1.